The van der Waals surface area contributed by atoms with Gasteiger partial charge in [0.15, 0.2) is 11.6 Å². The summed E-state index contributed by atoms with van der Waals surface area (Å²) in [5.41, 5.74) is 0.667. The van der Waals surface area contributed by atoms with E-state index in [1.165, 1.54) is 23.9 Å². The van der Waals surface area contributed by atoms with Gasteiger partial charge in [0.05, 0.1) is 6.33 Å². The number of para-hydroxylation sites is 1. The number of H-pyrrole nitrogens is 1. The number of hydrogen-bond acceptors (Lipinski definition) is 8. The van der Waals surface area contributed by atoms with E-state index in [9.17, 15) is 19.2 Å². The first kappa shape index (κ1) is 30.5. The van der Waals surface area contributed by atoms with Crippen LogP contribution in [-0.4, -0.2) is 63.2 Å². The van der Waals surface area contributed by atoms with Gasteiger partial charge in [0.25, 0.3) is 5.91 Å². The van der Waals surface area contributed by atoms with Crippen LogP contribution in [0.5, 0.6) is 5.75 Å². The number of thiazole rings is 1. The smallest absolute Gasteiger partial charge is 0.258 e. The van der Waals surface area contributed by atoms with Crippen LogP contribution < -0.4 is 20.7 Å². The Bertz CT molecular complexity index is 1230. The average molecular weight is 569 g/mol. The summed E-state index contributed by atoms with van der Waals surface area (Å²) in [6.07, 6.45) is 5.11. The van der Waals surface area contributed by atoms with E-state index in [-0.39, 0.29) is 35.7 Å². The lowest BCUT2D eigenvalue weighted by molar-refractivity contribution is -0.133. The molecule has 2 heterocycles. The molecular weight excluding hydrogens is 532 g/mol. The van der Waals surface area contributed by atoms with Crippen LogP contribution in [0.3, 0.4) is 0 Å². The minimum Gasteiger partial charge on any atom is -0.484 e. The number of Topliss-reactive ketones (excluding diaryl/α,β-unsaturated/α-hetero) is 1. The fourth-order valence-corrected chi connectivity index (χ4v) is 4.60. The molecule has 0 aliphatic heterocycles. The lowest BCUT2D eigenvalue weighted by atomic mass is 9.99. The second kappa shape index (κ2) is 14.9. The molecule has 2 aromatic heterocycles. The molecule has 1 aromatic carbocycles. The van der Waals surface area contributed by atoms with Crippen LogP contribution in [0.25, 0.3) is 0 Å². The molecule has 0 saturated carbocycles. The standard InChI is InChI=1S/C28H36N6O5S/c1-17(2)12-22(26(37)32-21(13-19-14-29-16-31-19)25(36)28-30-10-11-40-28)33-27(38)24(18(3)4)34-23(35)15-39-20-8-6-5-7-9-20/h5-11,14,16-18,21-22,24H,12-13,15H2,1-4H3,(H,29,31)(H,32,37)(H,33,38)(H,34,35)/t21-,22-,24-/m0/s1. The second-order valence-corrected chi connectivity index (χ2v) is 11.0. The summed E-state index contributed by atoms with van der Waals surface area (Å²) in [7, 11) is 0. The number of aromatic nitrogens is 3. The first-order chi connectivity index (χ1) is 19.1. The second-order valence-electron chi connectivity index (χ2n) is 10.1. The molecule has 0 bridgehead atoms. The quantitative estimate of drug-likeness (QED) is 0.205. The summed E-state index contributed by atoms with van der Waals surface area (Å²) in [6.45, 7) is 7.20. The molecule has 40 heavy (non-hydrogen) atoms. The van der Waals surface area contributed by atoms with Crippen LogP contribution in [0.15, 0.2) is 54.4 Å². The Hall–Kier alpha value is -4.06. The van der Waals surface area contributed by atoms with E-state index in [0.717, 1.165) is 0 Å². The van der Waals surface area contributed by atoms with Gasteiger partial charge in [0, 0.05) is 29.9 Å². The largest absolute Gasteiger partial charge is 0.484 e. The van der Waals surface area contributed by atoms with Crippen molar-refractivity contribution in [3.8, 4) is 5.75 Å². The van der Waals surface area contributed by atoms with Crippen molar-refractivity contribution >= 4 is 34.8 Å². The fraction of sp³-hybridized carbons (Fsp3) is 0.429. The summed E-state index contributed by atoms with van der Waals surface area (Å²) < 4.78 is 5.49. The zero-order valence-corrected chi connectivity index (χ0v) is 23.9. The third-order valence-corrected chi connectivity index (χ3v) is 6.76. The zero-order valence-electron chi connectivity index (χ0n) is 23.0. The maximum absolute atomic E-state index is 13.5. The van der Waals surface area contributed by atoms with Gasteiger partial charge in [0.1, 0.15) is 23.9 Å². The topological polar surface area (TPSA) is 155 Å². The average Bonchev–Trinajstić information content (AvgIpc) is 3.64. The van der Waals surface area contributed by atoms with Gasteiger partial charge in [-0.3, -0.25) is 19.2 Å². The highest BCUT2D eigenvalue weighted by molar-refractivity contribution is 7.11. The number of nitrogens with zero attached hydrogens (tertiary/aromatic N) is 2. The third kappa shape index (κ3) is 9.30. The number of hydrogen-bond donors (Lipinski definition) is 4. The fourth-order valence-electron chi connectivity index (χ4n) is 3.97. The van der Waals surface area contributed by atoms with Crippen LogP contribution >= 0.6 is 11.3 Å². The number of amides is 3. The molecule has 3 atom stereocenters. The Morgan fingerprint density at radius 1 is 0.975 bits per heavy atom. The highest BCUT2D eigenvalue weighted by Gasteiger charge is 2.32. The molecule has 0 fully saturated rings. The number of rotatable bonds is 15. The molecule has 0 radical (unpaired) electrons. The SMILES string of the molecule is CC(C)C[C@H](NC(=O)[C@@H](NC(=O)COc1ccccc1)C(C)C)C(=O)N[C@@H](Cc1cnc[nH]1)C(=O)c1nccs1. The van der Waals surface area contributed by atoms with Crippen LogP contribution in [0.1, 0.15) is 49.6 Å². The van der Waals surface area contributed by atoms with Crippen molar-refractivity contribution in [2.45, 2.75) is 58.7 Å². The highest BCUT2D eigenvalue weighted by Crippen LogP contribution is 2.13. The Kier molecular flexibility index (Phi) is 11.4. The Morgan fingerprint density at radius 2 is 1.70 bits per heavy atom. The minimum atomic E-state index is -0.931. The Morgan fingerprint density at radius 3 is 2.30 bits per heavy atom. The van der Waals surface area contributed by atoms with Crippen molar-refractivity contribution in [2.75, 3.05) is 6.61 Å². The number of carbonyl (C=O) groups excluding carboxylic acids is 4. The lowest BCUT2D eigenvalue weighted by Gasteiger charge is -2.27. The summed E-state index contributed by atoms with van der Waals surface area (Å²) in [5.74, 6) is -1.47. The minimum absolute atomic E-state index is 0.0585. The van der Waals surface area contributed by atoms with E-state index < -0.39 is 35.8 Å². The monoisotopic (exact) mass is 568 g/mol. The molecule has 214 valence electrons. The Balaban J connectivity index is 1.69. The number of nitrogens with one attached hydrogen (secondary N) is 4. The van der Waals surface area contributed by atoms with Gasteiger partial charge in [-0.25, -0.2) is 9.97 Å². The zero-order chi connectivity index (χ0) is 29.1. The van der Waals surface area contributed by atoms with Crippen molar-refractivity contribution in [3.63, 3.8) is 0 Å². The number of ether oxygens (including phenoxy) is 1. The molecule has 3 rings (SSSR count). The van der Waals surface area contributed by atoms with Crippen molar-refractivity contribution < 1.29 is 23.9 Å². The molecule has 0 spiro atoms. The Labute approximate surface area is 237 Å². The summed E-state index contributed by atoms with van der Waals surface area (Å²) in [5, 5.41) is 10.3. The normalized spacial score (nSPS) is 13.3. The highest BCUT2D eigenvalue weighted by atomic mass is 32.1. The number of ketones is 1. The van der Waals surface area contributed by atoms with Gasteiger partial charge in [-0.1, -0.05) is 45.9 Å². The maximum atomic E-state index is 13.5. The van der Waals surface area contributed by atoms with Gasteiger partial charge < -0.3 is 25.7 Å². The van der Waals surface area contributed by atoms with E-state index in [2.05, 4.69) is 30.9 Å². The van der Waals surface area contributed by atoms with Crippen LogP contribution in [0.4, 0.5) is 0 Å². The lowest BCUT2D eigenvalue weighted by Crippen LogP contribution is -2.57. The van der Waals surface area contributed by atoms with E-state index in [4.69, 9.17) is 4.74 Å². The van der Waals surface area contributed by atoms with Gasteiger partial charge in [0.2, 0.25) is 17.6 Å². The van der Waals surface area contributed by atoms with Crippen LogP contribution in [0, 0.1) is 11.8 Å². The molecule has 3 amide bonds. The molecular formula is C28H36N6O5S. The number of imidazole rings is 1. The van der Waals surface area contributed by atoms with Crippen LogP contribution in [0.2, 0.25) is 0 Å². The predicted molar refractivity (Wildman–Crippen MR) is 151 cm³/mol. The predicted octanol–water partition coefficient (Wildman–Crippen LogP) is 2.53. The molecule has 0 aliphatic rings. The first-order valence-electron chi connectivity index (χ1n) is 13.1. The molecule has 11 nitrogen and oxygen atoms in total. The van der Waals surface area contributed by atoms with E-state index in [0.29, 0.717) is 17.9 Å². The summed E-state index contributed by atoms with van der Waals surface area (Å²) >= 11 is 1.19. The van der Waals surface area contributed by atoms with Crippen molar-refractivity contribution in [1.82, 2.24) is 30.9 Å². The van der Waals surface area contributed by atoms with Gasteiger partial charge >= 0.3 is 0 Å². The molecule has 3 aromatic rings. The number of aromatic amines is 1. The molecule has 4 N–H and O–H groups in total. The summed E-state index contributed by atoms with van der Waals surface area (Å²) in [6, 6.07) is 6.14. The summed E-state index contributed by atoms with van der Waals surface area (Å²) in [4.78, 5) is 63.6. The maximum Gasteiger partial charge on any atom is 0.258 e. The van der Waals surface area contributed by atoms with E-state index in [1.54, 1.807) is 49.7 Å². The molecule has 12 heteroatoms. The van der Waals surface area contributed by atoms with E-state index in [1.807, 2.05) is 19.9 Å². The van der Waals surface area contributed by atoms with Crippen molar-refractivity contribution in [3.05, 3.63) is 65.1 Å². The molecule has 0 unspecified atom stereocenters. The van der Waals surface area contributed by atoms with Crippen molar-refractivity contribution in [1.29, 1.82) is 0 Å². The van der Waals surface area contributed by atoms with Gasteiger partial charge in [-0.2, -0.15) is 0 Å². The molecule has 0 saturated heterocycles. The number of carbonyl (C=O) groups is 4. The van der Waals surface area contributed by atoms with Gasteiger partial charge in [-0.15, -0.1) is 11.3 Å². The molecule has 0 aliphatic carbocycles. The first-order valence-corrected chi connectivity index (χ1v) is 14.0. The van der Waals surface area contributed by atoms with Crippen LogP contribution in [-0.2, 0) is 20.8 Å². The third-order valence-electron chi connectivity index (χ3n) is 5.97. The van der Waals surface area contributed by atoms with Gasteiger partial charge in [-0.05, 0) is 30.4 Å². The number of benzene rings is 1. The van der Waals surface area contributed by atoms with E-state index >= 15 is 0 Å². The van der Waals surface area contributed by atoms with Crippen molar-refractivity contribution in [2.24, 2.45) is 11.8 Å².